The average Bonchev–Trinajstić information content (AvgIpc) is 2.25. The molecule has 4 heteroatoms. The highest BCUT2D eigenvalue weighted by atomic mass is 16.1. The van der Waals surface area contributed by atoms with E-state index in [1.165, 1.54) is 4.68 Å². The van der Waals surface area contributed by atoms with Crippen molar-refractivity contribution in [2.24, 2.45) is 0 Å². The maximum Gasteiger partial charge on any atom is 0.273 e. The first-order valence-corrected chi connectivity index (χ1v) is 4.95. The molecule has 1 N–H and O–H groups in total. The highest BCUT2D eigenvalue weighted by Gasteiger charge is 2.05. The van der Waals surface area contributed by atoms with Crippen molar-refractivity contribution in [3.8, 4) is 0 Å². The number of aryl methyl sites for hydroxylation is 1. The van der Waals surface area contributed by atoms with Gasteiger partial charge in [-0.05, 0) is 32.0 Å². The van der Waals surface area contributed by atoms with Crippen molar-refractivity contribution in [2.75, 3.05) is 12.0 Å². The number of aromatic nitrogens is 2. The second kappa shape index (κ2) is 3.73. The van der Waals surface area contributed by atoms with Crippen molar-refractivity contribution in [2.45, 2.75) is 13.8 Å². The second-order valence-corrected chi connectivity index (χ2v) is 3.40. The maximum absolute atomic E-state index is 11.8. The molecular formula is C11H13N3O. The highest BCUT2D eigenvalue weighted by Crippen LogP contribution is 2.08. The van der Waals surface area contributed by atoms with Crippen LogP contribution in [0.1, 0.15) is 12.5 Å². The van der Waals surface area contributed by atoms with Crippen molar-refractivity contribution in [1.82, 2.24) is 9.66 Å². The molecule has 2 aromatic rings. The summed E-state index contributed by atoms with van der Waals surface area (Å²) >= 11 is 0. The number of hydrogen-bond acceptors (Lipinski definition) is 3. The van der Waals surface area contributed by atoms with Gasteiger partial charge in [0.2, 0.25) is 0 Å². The Morgan fingerprint density at radius 2 is 2.33 bits per heavy atom. The summed E-state index contributed by atoms with van der Waals surface area (Å²) in [6, 6.07) is 5.67. The minimum Gasteiger partial charge on any atom is -0.321 e. The quantitative estimate of drug-likeness (QED) is 0.799. The summed E-state index contributed by atoms with van der Waals surface area (Å²) in [4.78, 5) is 16.0. The first-order valence-electron chi connectivity index (χ1n) is 4.95. The molecule has 2 aromatic heterocycles. The van der Waals surface area contributed by atoms with Crippen molar-refractivity contribution < 1.29 is 0 Å². The molecule has 0 saturated carbocycles. The predicted molar refractivity (Wildman–Crippen MR) is 60.6 cm³/mol. The standard InChI is InChI=1S/C11H13N3O/c1-3-13-14-10-9(5-4-6-12-10)7-8(2)11(14)15/h4-7,13H,3H2,1-2H3. The zero-order valence-corrected chi connectivity index (χ0v) is 8.82. The third-order valence-corrected chi connectivity index (χ3v) is 2.26. The van der Waals surface area contributed by atoms with Gasteiger partial charge in [-0.25, -0.2) is 9.66 Å². The van der Waals surface area contributed by atoms with E-state index in [0.717, 1.165) is 10.9 Å². The Morgan fingerprint density at radius 1 is 1.53 bits per heavy atom. The third kappa shape index (κ3) is 1.58. The van der Waals surface area contributed by atoms with E-state index in [2.05, 4.69) is 10.4 Å². The number of rotatable bonds is 2. The van der Waals surface area contributed by atoms with Crippen LogP contribution in [0.15, 0.2) is 29.2 Å². The minimum absolute atomic E-state index is 0.0388. The zero-order chi connectivity index (χ0) is 10.8. The van der Waals surface area contributed by atoms with Gasteiger partial charge in [0, 0.05) is 23.7 Å². The maximum atomic E-state index is 11.8. The number of fused-ring (bicyclic) bond motifs is 1. The average molecular weight is 203 g/mol. The number of hydrogen-bond donors (Lipinski definition) is 1. The van der Waals surface area contributed by atoms with Gasteiger partial charge in [-0.1, -0.05) is 0 Å². The van der Waals surface area contributed by atoms with E-state index in [1.807, 2.05) is 32.0 Å². The molecule has 2 rings (SSSR count). The summed E-state index contributed by atoms with van der Waals surface area (Å²) in [6.45, 7) is 4.45. The van der Waals surface area contributed by atoms with Gasteiger partial charge in [-0.2, -0.15) is 0 Å². The van der Waals surface area contributed by atoms with Crippen molar-refractivity contribution in [3.63, 3.8) is 0 Å². The summed E-state index contributed by atoms with van der Waals surface area (Å²) in [6.07, 6.45) is 1.69. The first kappa shape index (κ1) is 9.71. The molecule has 0 fully saturated rings. The van der Waals surface area contributed by atoms with Crippen LogP contribution in [0.25, 0.3) is 11.0 Å². The van der Waals surface area contributed by atoms with E-state index < -0.39 is 0 Å². The molecule has 2 heterocycles. The van der Waals surface area contributed by atoms with Crippen LogP contribution in [-0.2, 0) is 0 Å². The Balaban J connectivity index is 2.83. The van der Waals surface area contributed by atoms with Gasteiger partial charge in [0.1, 0.15) is 0 Å². The lowest BCUT2D eigenvalue weighted by Gasteiger charge is -2.10. The summed E-state index contributed by atoms with van der Waals surface area (Å²) in [5.74, 6) is 0. The summed E-state index contributed by atoms with van der Waals surface area (Å²) < 4.78 is 1.50. The van der Waals surface area contributed by atoms with Gasteiger partial charge in [0.25, 0.3) is 5.56 Å². The molecule has 0 aliphatic heterocycles. The topological polar surface area (TPSA) is 46.9 Å². The Kier molecular flexibility index (Phi) is 2.41. The van der Waals surface area contributed by atoms with E-state index >= 15 is 0 Å². The first-order chi connectivity index (χ1) is 7.24. The van der Waals surface area contributed by atoms with Gasteiger partial charge in [0.15, 0.2) is 5.65 Å². The lowest BCUT2D eigenvalue weighted by molar-refractivity contribution is 0.837. The molecule has 0 aliphatic carbocycles. The van der Waals surface area contributed by atoms with Crippen LogP contribution < -0.4 is 11.0 Å². The lowest BCUT2D eigenvalue weighted by atomic mass is 10.2. The molecule has 15 heavy (non-hydrogen) atoms. The Bertz CT molecular complexity index is 545. The summed E-state index contributed by atoms with van der Waals surface area (Å²) in [5, 5.41) is 0.968. The highest BCUT2D eigenvalue weighted by molar-refractivity contribution is 5.75. The Labute approximate surface area is 87.5 Å². The van der Waals surface area contributed by atoms with Gasteiger partial charge in [-0.15, -0.1) is 0 Å². The predicted octanol–water partition coefficient (Wildman–Crippen LogP) is 1.27. The van der Waals surface area contributed by atoms with Crippen LogP contribution in [0, 0.1) is 6.92 Å². The molecular weight excluding hydrogens is 190 g/mol. The molecule has 0 aliphatic rings. The van der Waals surface area contributed by atoms with Gasteiger partial charge >= 0.3 is 0 Å². The fourth-order valence-corrected chi connectivity index (χ4v) is 1.58. The SMILES string of the molecule is CCNn1c(=O)c(C)cc2cccnc21. The largest absolute Gasteiger partial charge is 0.321 e. The van der Waals surface area contributed by atoms with Crippen LogP contribution in [0.3, 0.4) is 0 Å². The Morgan fingerprint density at radius 3 is 3.07 bits per heavy atom. The van der Waals surface area contributed by atoms with Crippen molar-refractivity contribution >= 4 is 11.0 Å². The molecule has 0 bridgehead atoms. The number of pyridine rings is 2. The second-order valence-electron chi connectivity index (χ2n) is 3.40. The van der Waals surface area contributed by atoms with Crippen LogP contribution in [-0.4, -0.2) is 16.2 Å². The van der Waals surface area contributed by atoms with Crippen molar-refractivity contribution in [1.29, 1.82) is 0 Å². The molecule has 0 radical (unpaired) electrons. The lowest BCUT2D eigenvalue weighted by Crippen LogP contribution is -2.30. The van der Waals surface area contributed by atoms with Gasteiger partial charge in [-0.3, -0.25) is 4.79 Å². The zero-order valence-electron chi connectivity index (χ0n) is 8.82. The molecule has 0 spiro atoms. The van der Waals surface area contributed by atoms with Crippen LogP contribution in [0.5, 0.6) is 0 Å². The smallest absolute Gasteiger partial charge is 0.273 e. The van der Waals surface area contributed by atoms with Crippen LogP contribution in [0.2, 0.25) is 0 Å². The van der Waals surface area contributed by atoms with Crippen LogP contribution in [0.4, 0.5) is 0 Å². The van der Waals surface area contributed by atoms with E-state index in [1.54, 1.807) is 6.20 Å². The normalized spacial score (nSPS) is 10.5. The molecule has 4 nitrogen and oxygen atoms in total. The molecule has 0 atom stereocenters. The van der Waals surface area contributed by atoms with E-state index in [-0.39, 0.29) is 5.56 Å². The number of nitrogens with zero attached hydrogens (tertiary/aromatic N) is 2. The van der Waals surface area contributed by atoms with Crippen LogP contribution >= 0.6 is 0 Å². The fraction of sp³-hybridized carbons (Fsp3) is 0.273. The number of nitrogens with one attached hydrogen (secondary N) is 1. The van der Waals surface area contributed by atoms with E-state index in [9.17, 15) is 4.79 Å². The van der Waals surface area contributed by atoms with Gasteiger partial charge < -0.3 is 5.43 Å². The van der Waals surface area contributed by atoms with E-state index in [0.29, 0.717) is 12.2 Å². The Hall–Kier alpha value is -1.84. The summed E-state index contributed by atoms with van der Waals surface area (Å²) in [5.41, 5.74) is 4.36. The molecule has 0 aromatic carbocycles. The van der Waals surface area contributed by atoms with E-state index in [4.69, 9.17) is 0 Å². The monoisotopic (exact) mass is 203 g/mol. The molecule has 0 unspecified atom stereocenters. The molecule has 0 amide bonds. The summed E-state index contributed by atoms with van der Waals surface area (Å²) in [7, 11) is 0. The van der Waals surface area contributed by atoms with Gasteiger partial charge in [0.05, 0.1) is 0 Å². The third-order valence-electron chi connectivity index (χ3n) is 2.26. The fourth-order valence-electron chi connectivity index (χ4n) is 1.58. The molecule has 78 valence electrons. The molecule has 0 saturated heterocycles. The van der Waals surface area contributed by atoms with Crippen molar-refractivity contribution in [3.05, 3.63) is 40.3 Å². The minimum atomic E-state index is -0.0388.